The second-order valence-corrected chi connectivity index (χ2v) is 5.64. The first-order valence-corrected chi connectivity index (χ1v) is 7.65. The largest absolute Gasteiger partial charge is 0.465 e. The summed E-state index contributed by atoms with van der Waals surface area (Å²) in [6, 6.07) is -0.530. The van der Waals surface area contributed by atoms with Crippen molar-refractivity contribution in [1.29, 1.82) is 0 Å². The molecule has 1 aliphatic rings. The Bertz CT molecular complexity index is 647. The zero-order valence-electron chi connectivity index (χ0n) is 13.7. The normalized spacial score (nSPS) is 21.2. The number of methoxy groups -OCH3 is 1. The van der Waals surface area contributed by atoms with Crippen LogP contribution in [-0.2, 0) is 17.3 Å². The van der Waals surface area contributed by atoms with Crippen molar-refractivity contribution < 1.29 is 32.6 Å². The summed E-state index contributed by atoms with van der Waals surface area (Å²) in [6.45, 7) is 1.77. The molecule has 1 aromatic heterocycles. The summed E-state index contributed by atoms with van der Waals surface area (Å²) in [7, 11) is 1.37. The number of imidazole rings is 1. The Labute approximate surface area is 141 Å². The second-order valence-electron chi connectivity index (χ2n) is 5.64. The fraction of sp³-hybridized carbons (Fsp3) is 0.643. The van der Waals surface area contributed by atoms with E-state index in [1.165, 1.54) is 14.0 Å². The van der Waals surface area contributed by atoms with Crippen molar-refractivity contribution in [3.63, 3.8) is 0 Å². The number of piperidine rings is 1. The Morgan fingerprint density at radius 2 is 2.16 bits per heavy atom. The van der Waals surface area contributed by atoms with Gasteiger partial charge in [0.15, 0.2) is 11.5 Å². The Balaban J connectivity index is 2.11. The number of alkyl halides is 3. The Hall–Kier alpha value is -2.30. The Morgan fingerprint density at radius 3 is 2.64 bits per heavy atom. The van der Waals surface area contributed by atoms with Crippen molar-refractivity contribution in [3.05, 3.63) is 17.2 Å². The lowest BCUT2D eigenvalue weighted by Crippen LogP contribution is -2.55. The first-order chi connectivity index (χ1) is 11.7. The minimum absolute atomic E-state index is 0.0484. The van der Waals surface area contributed by atoms with E-state index in [2.05, 4.69) is 15.3 Å². The average Bonchev–Trinajstić information content (AvgIpc) is 2.99. The number of hydrogen-bond donors (Lipinski definition) is 3. The lowest BCUT2D eigenvalue weighted by molar-refractivity contribution is -0.141. The van der Waals surface area contributed by atoms with Gasteiger partial charge in [-0.05, 0) is 12.8 Å². The van der Waals surface area contributed by atoms with Gasteiger partial charge in [0.1, 0.15) is 0 Å². The molecule has 0 bridgehead atoms. The number of nitrogens with one attached hydrogen (secondary N) is 2. The quantitative estimate of drug-likeness (QED) is 0.750. The van der Waals surface area contributed by atoms with Crippen LogP contribution in [-0.4, -0.2) is 64.3 Å². The highest BCUT2D eigenvalue weighted by molar-refractivity contribution is 5.91. The number of nitrogens with zero attached hydrogens (tertiary/aromatic N) is 2. The van der Waals surface area contributed by atoms with Gasteiger partial charge in [0.25, 0.3) is 5.91 Å². The highest BCUT2D eigenvalue weighted by Gasteiger charge is 2.38. The van der Waals surface area contributed by atoms with Crippen molar-refractivity contribution >= 4 is 12.0 Å². The van der Waals surface area contributed by atoms with Crippen LogP contribution in [0.25, 0.3) is 0 Å². The zero-order chi connectivity index (χ0) is 18.8. The number of aromatic nitrogens is 2. The van der Waals surface area contributed by atoms with Crippen LogP contribution in [0.1, 0.15) is 35.4 Å². The number of carbonyl (C=O) groups excluding carboxylic acids is 1. The molecule has 11 heteroatoms. The van der Waals surface area contributed by atoms with E-state index in [1.807, 2.05) is 0 Å². The molecule has 1 aliphatic heterocycles. The van der Waals surface area contributed by atoms with Gasteiger partial charge in [0.2, 0.25) is 0 Å². The molecule has 2 heterocycles. The number of hydrogen-bond acceptors (Lipinski definition) is 4. The van der Waals surface area contributed by atoms with Crippen LogP contribution in [0.5, 0.6) is 0 Å². The molecule has 2 amide bonds. The van der Waals surface area contributed by atoms with Gasteiger partial charge in [-0.1, -0.05) is 6.92 Å². The standard InChI is InChI=1S/C14H19F3N4O4/c1-3-7-10(14(15,16)17)20-11(18-7)12(22)19-8-4-5-21(13(23)24)6-9(8)25-2/h8-9H,3-6H2,1-2H3,(H,18,20)(H,19,22)(H,23,24)/t8-,9+/m1/s1. The second kappa shape index (κ2) is 7.30. The van der Waals surface area contributed by atoms with Gasteiger partial charge in [-0.15, -0.1) is 0 Å². The maximum atomic E-state index is 12.9. The van der Waals surface area contributed by atoms with Gasteiger partial charge in [-0.3, -0.25) is 4.79 Å². The number of H-pyrrole nitrogens is 1. The van der Waals surface area contributed by atoms with Crippen molar-refractivity contribution in [3.8, 4) is 0 Å². The summed E-state index contributed by atoms with van der Waals surface area (Å²) < 4.78 is 43.9. The van der Waals surface area contributed by atoms with Crippen LogP contribution < -0.4 is 5.32 Å². The molecule has 0 aromatic carbocycles. The maximum absolute atomic E-state index is 12.9. The third kappa shape index (κ3) is 4.21. The third-order valence-corrected chi connectivity index (χ3v) is 4.06. The first kappa shape index (κ1) is 19.0. The van der Waals surface area contributed by atoms with Crippen LogP contribution in [0.2, 0.25) is 0 Å². The predicted molar refractivity (Wildman–Crippen MR) is 79.2 cm³/mol. The van der Waals surface area contributed by atoms with Crippen molar-refractivity contribution in [2.45, 2.75) is 38.1 Å². The summed E-state index contributed by atoms with van der Waals surface area (Å²) in [5, 5.41) is 11.6. The summed E-state index contributed by atoms with van der Waals surface area (Å²) in [6.07, 6.45) is -6.02. The topological polar surface area (TPSA) is 108 Å². The molecule has 0 unspecified atom stereocenters. The minimum Gasteiger partial charge on any atom is -0.465 e. The van der Waals surface area contributed by atoms with Crippen LogP contribution in [0, 0.1) is 0 Å². The molecule has 0 radical (unpaired) electrons. The average molecular weight is 364 g/mol. The summed E-state index contributed by atoms with van der Waals surface area (Å²) >= 11 is 0. The Kier molecular flexibility index (Phi) is 5.55. The van der Waals surface area contributed by atoms with Gasteiger partial charge in [0.05, 0.1) is 18.7 Å². The van der Waals surface area contributed by atoms with E-state index in [0.717, 1.165) is 4.90 Å². The summed E-state index contributed by atoms with van der Waals surface area (Å²) in [4.78, 5) is 30.2. The summed E-state index contributed by atoms with van der Waals surface area (Å²) in [5.41, 5.74) is -1.27. The molecule has 2 rings (SSSR count). The number of aryl methyl sites for hydroxylation is 1. The van der Waals surface area contributed by atoms with Crippen LogP contribution in [0.15, 0.2) is 0 Å². The van der Waals surface area contributed by atoms with E-state index in [0.29, 0.717) is 0 Å². The molecule has 140 valence electrons. The molecule has 8 nitrogen and oxygen atoms in total. The number of likely N-dealkylation sites (tertiary alicyclic amines) is 1. The lowest BCUT2D eigenvalue weighted by atomic mass is 10.0. The van der Waals surface area contributed by atoms with Gasteiger partial charge in [-0.2, -0.15) is 13.2 Å². The van der Waals surface area contributed by atoms with E-state index in [1.54, 1.807) is 0 Å². The van der Waals surface area contributed by atoms with E-state index >= 15 is 0 Å². The first-order valence-electron chi connectivity index (χ1n) is 7.65. The number of halogens is 3. The molecule has 0 aliphatic carbocycles. The highest BCUT2D eigenvalue weighted by atomic mass is 19.4. The SMILES string of the molecule is CCc1[nH]c(C(=O)N[C@@H]2CCN(C(=O)O)C[C@@H]2OC)nc1C(F)(F)F. The fourth-order valence-corrected chi connectivity index (χ4v) is 2.74. The highest BCUT2D eigenvalue weighted by Crippen LogP contribution is 2.30. The molecular weight excluding hydrogens is 345 g/mol. The van der Waals surface area contributed by atoms with Gasteiger partial charge in [0, 0.05) is 19.3 Å². The van der Waals surface area contributed by atoms with E-state index in [-0.39, 0.29) is 31.6 Å². The van der Waals surface area contributed by atoms with E-state index < -0.39 is 41.8 Å². The zero-order valence-corrected chi connectivity index (χ0v) is 13.7. The molecule has 3 N–H and O–H groups in total. The van der Waals surface area contributed by atoms with Crippen LogP contribution >= 0.6 is 0 Å². The molecule has 0 saturated carbocycles. The van der Waals surface area contributed by atoms with E-state index in [4.69, 9.17) is 9.84 Å². The number of ether oxygens (including phenoxy) is 1. The third-order valence-electron chi connectivity index (χ3n) is 4.06. The van der Waals surface area contributed by atoms with E-state index in [9.17, 15) is 22.8 Å². The molecule has 1 aromatic rings. The van der Waals surface area contributed by atoms with Crippen molar-refractivity contribution in [2.75, 3.05) is 20.2 Å². The molecular formula is C14H19F3N4O4. The molecule has 1 saturated heterocycles. The van der Waals surface area contributed by atoms with Crippen LogP contribution in [0.3, 0.4) is 0 Å². The summed E-state index contributed by atoms with van der Waals surface area (Å²) in [5.74, 6) is -1.22. The molecule has 1 fully saturated rings. The van der Waals surface area contributed by atoms with Crippen molar-refractivity contribution in [2.24, 2.45) is 0 Å². The minimum atomic E-state index is -4.65. The van der Waals surface area contributed by atoms with Gasteiger partial charge < -0.3 is 25.0 Å². The van der Waals surface area contributed by atoms with Gasteiger partial charge in [-0.25, -0.2) is 9.78 Å². The fourth-order valence-electron chi connectivity index (χ4n) is 2.74. The predicted octanol–water partition coefficient (Wildman–Crippen LogP) is 1.49. The smallest absolute Gasteiger partial charge is 0.435 e. The number of amides is 2. The Morgan fingerprint density at radius 1 is 1.48 bits per heavy atom. The molecule has 2 atom stereocenters. The van der Waals surface area contributed by atoms with Crippen molar-refractivity contribution in [1.82, 2.24) is 20.2 Å². The number of carboxylic acid groups (broad SMARTS) is 1. The molecule has 25 heavy (non-hydrogen) atoms. The van der Waals surface area contributed by atoms with Crippen LogP contribution in [0.4, 0.5) is 18.0 Å². The monoisotopic (exact) mass is 364 g/mol. The number of aromatic amines is 1. The maximum Gasteiger partial charge on any atom is 0.435 e. The molecule has 0 spiro atoms. The van der Waals surface area contributed by atoms with Gasteiger partial charge >= 0.3 is 12.3 Å². The number of carbonyl (C=O) groups is 2. The number of rotatable bonds is 4. The lowest BCUT2D eigenvalue weighted by Gasteiger charge is -2.36.